The number of carbonyl (C=O) groups is 1. The van der Waals surface area contributed by atoms with Gasteiger partial charge >= 0.3 is 0 Å². The SMILES string of the molecule is Cc1ccc(OCCNC(=O)c2ccccc2NN=C(C#N)C#N)cc1. The smallest absolute Gasteiger partial charge is 0.253 e. The van der Waals surface area contributed by atoms with Crippen molar-refractivity contribution in [2.24, 2.45) is 5.10 Å². The highest BCUT2D eigenvalue weighted by Gasteiger charge is 2.10. The van der Waals surface area contributed by atoms with Crippen LogP contribution in [0.2, 0.25) is 0 Å². The Hall–Kier alpha value is -3.84. The van der Waals surface area contributed by atoms with Crippen LogP contribution >= 0.6 is 0 Å². The fourth-order valence-corrected chi connectivity index (χ4v) is 2.03. The summed E-state index contributed by atoms with van der Waals surface area (Å²) in [5.41, 5.74) is 4.13. The minimum Gasteiger partial charge on any atom is -0.492 e. The summed E-state index contributed by atoms with van der Waals surface area (Å²) in [5.74, 6) is 0.424. The molecule has 0 radical (unpaired) electrons. The Morgan fingerprint density at radius 2 is 1.81 bits per heavy atom. The summed E-state index contributed by atoms with van der Waals surface area (Å²) in [6.07, 6.45) is 0. The monoisotopic (exact) mass is 347 g/mol. The molecule has 0 bridgehead atoms. The normalized spacial score (nSPS) is 9.35. The lowest BCUT2D eigenvalue weighted by atomic mass is 10.1. The van der Waals surface area contributed by atoms with Gasteiger partial charge in [0.2, 0.25) is 5.71 Å². The van der Waals surface area contributed by atoms with Crippen LogP contribution in [0.4, 0.5) is 5.69 Å². The molecule has 130 valence electrons. The summed E-state index contributed by atoms with van der Waals surface area (Å²) in [6, 6.07) is 17.6. The van der Waals surface area contributed by atoms with Crippen LogP contribution < -0.4 is 15.5 Å². The van der Waals surface area contributed by atoms with Crippen LogP contribution in [0.15, 0.2) is 53.6 Å². The van der Waals surface area contributed by atoms with Gasteiger partial charge in [0.1, 0.15) is 24.5 Å². The lowest BCUT2D eigenvalue weighted by Gasteiger charge is -2.10. The van der Waals surface area contributed by atoms with E-state index in [1.165, 1.54) is 0 Å². The van der Waals surface area contributed by atoms with Crippen molar-refractivity contribution in [3.63, 3.8) is 0 Å². The molecule has 0 aromatic heterocycles. The average molecular weight is 347 g/mol. The second-order valence-electron chi connectivity index (χ2n) is 5.26. The summed E-state index contributed by atoms with van der Waals surface area (Å²) in [7, 11) is 0. The molecule has 0 atom stereocenters. The van der Waals surface area contributed by atoms with E-state index in [2.05, 4.69) is 15.8 Å². The third kappa shape index (κ3) is 5.36. The van der Waals surface area contributed by atoms with Crippen LogP contribution in [0.5, 0.6) is 5.75 Å². The van der Waals surface area contributed by atoms with E-state index >= 15 is 0 Å². The predicted octanol–water partition coefficient (Wildman–Crippen LogP) is 2.62. The Balaban J connectivity index is 1.91. The first-order valence-corrected chi connectivity index (χ1v) is 7.84. The van der Waals surface area contributed by atoms with Crippen molar-refractivity contribution < 1.29 is 9.53 Å². The third-order valence-corrected chi connectivity index (χ3v) is 3.35. The molecule has 0 aliphatic carbocycles. The molecule has 2 aromatic rings. The third-order valence-electron chi connectivity index (χ3n) is 3.35. The Kier molecular flexibility index (Phi) is 6.73. The van der Waals surface area contributed by atoms with Crippen molar-refractivity contribution in [2.75, 3.05) is 18.6 Å². The van der Waals surface area contributed by atoms with E-state index in [1.807, 2.05) is 31.2 Å². The van der Waals surface area contributed by atoms with Crippen LogP contribution in [-0.2, 0) is 0 Å². The van der Waals surface area contributed by atoms with Gasteiger partial charge in [0.25, 0.3) is 5.91 Å². The highest BCUT2D eigenvalue weighted by Crippen LogP contribution is 2.15. The van der Waals surface area contributed by atoms with Crippen LogP contribution in [-0.4, -0.2) is 24.8 Å². The molecular weight excluding hydrogens is 330 g/mol. The molecule has 0 unspecified atom stereocenters. The molecule has 0 heterocycles. The number of amides is 1. The number of benzene rings is 2. The molecule has 0 aliphatic rings. The van der Waals surface area contributed by atoms with Crippen molar-refractivity contribution in [3.8, 4) is 17.9 Å². The van der Waals surface area contributed by atoms with E-state index in [1.54, 1.807) is 36.4 Å². The number of nitrogens with zero attached hydrogens (tertiary/aromatic N) is 3. The number of hydrogen-bond donors (Lipinski definition) is 2. The van der Waals surface area contributed by atoms with Crippen LogP contribution in [0.3, 0.4) is 0 Å². The van der Waals surface area contributed by atoms with E-state index in [0.717, 1.165) is 11.3 Å². The molecule has 26 heavy (non-hydrogen) atoms. The highest BCUT2D eigenvalue weighted by molar-refractivity contribution is 6.10. The van der Waals surface area contributed by atoms with E-state index in [-0.39, 0.29) is 11.6 Å². The van der Waals surface area contributed by atoms with Gasteiger partial charge in [-0.05, 0) is 31.2 Å². The molecule has 0 saturated carbocycles. The quantitative estimate of drug-likeness (QED) is 0.454. The largest absolute Gasteiger partial charge is 0.492 e. The number of hydrazone groups is 1. The van der Waals surface area contributed by atoms with Crippen molar-refractivity contribution in [1.82, 2.24) is 5.32 Å². The highest BCUT2D eigenvalue weighted by atomic mass is 16.5. The minimum absolute atomic E-state index is 0.314. The fraction of sp³-hybridized carbons (Fsp3) is 0.158. The van der Waals surface area contributed by atoms with E-state index in [0.29, 0.717) is 24.4 Å². The van der Waals surface area contributed by atoms with Crippen molar-refractivity contribution in [2.45, 2.75) is 6.92 Å². The van der Waals surface area contributed by atoms with Gasteiger partial charge < -0.3 is 10.1 Å². The number of rotatable bonds is 7. The Labute approximate surface area is 151 Å². The first-order chi connectivity index (χ1) is 12.6. The fourth-order valence-electron chi connectivity index (χ4n) is 2.03. The summed E-state index contributed by atoms with van der Waals surface area (Å²) >= 11 is 0. The maximum absolute atomic E-state index is 12.3. The lowest BCUT2D eigenvalue weighted by Crippen LogP contribution is -2.28. The second kappa shape index (κ2) is 9.45. The summed E-state index contributed by atoms with van der Waals surface area (Å²) in [5, 5.41) is 23.8. The number of aryl methyl sites for hydroxylation is 1. The molecule has 0 spiro atoms. The molecule has 7 nitrogen and oxygen atoms in total. The zero-order valence-electron chi connectivity index (χ0n) is 14.2. The lowest BCUT2D eigenvalue weighted by molar-refractivity contribution is 0.0948. The molecule has 0 saturated heterocycles. The number of nitrogens with one attached hydrogen (secondary N) is 2. The number of nitriles is 2. The van der Waals surface area contributed by atoms with Gasteiger partial charge in [-0.2, -0.15) is 15.6 Å². The number of carbonyl (C=O) groups excluding carboxylic acids is 1. The van der Waals surface area contributed by atoms with Crippen LogP contribution in [0.25, 0.3) is 0 Å². The topological polar surface area (TPSA) is 110 Å². The Bertz CT molecular complexity index is 860. The molecule has 7 heteroatoms. The first-order valence-electron chi connectivity index (χ1n) is 7.84. The molecule has 2 rings (SSSR count). The summed E-state index contributed by atoms with van der Waals surface area (Å²) in [6.45, 7) is 2.65. The Morgan fingerprint density at radius 3 is 2.50 bits per heavy atom. The second-order valence-corrected chi connectivity index (χ2v) is 5.26. The molecular formula is C19H17N5O2. The molecule has 2 N–H and O–H groups in total. The van der Waals surface area contributed by atoms with Gasteiger partial charge in [-0.15, -0.1) is 0 Å². The maximum atomic E-state index is 12.3. The average Bonchev–Trinajstić information content (AvgIpc) is 2.67. The number of para-hydroxylation sites is 1. The van der Waals surface area contributed by atoms with Crippen molar-refractivity contribution >= 4 is 17.3 Å². The maximum Gasteiger partial charge on any atom is 0.253 e. The van der Waals surface area contributed by atoms with Gasteiger partial charge in [0.05, 0.1) is 17.8 Å². The summed E-state index contributed by atoms with van der Waals surface area (Å²) < 4.78 is 5.56. The van der Waals surface area contributed by atoms with Crippen molar-refractivity contribution in [1.29, 1.82) is 10.5 Å². The number of hydrogen-bond acceptors (Lipinski definition) is 6. The zero-order valence-corrected chi connectivity index (χ0v) is 14.2. The van der Waals surface area contributed by atoms with Gasteiger partial charge in [0, 0.05) is 0 Å². The number of ether oxygens (including phenoxy) is 1. The van der Waals surface area contributed by atoms with Gasteiger partial charge in [0.15, 0.2) is 0 Å². The van der Waals surface area contributed by atoms with Crippen LogP contribution in [0, 0.1) is 29.6 Å². The first kappa shape index (κ1) is 18.5. The van der Waals surface area contributed by atoms with E-state index in [4.69, 9.17) is 15.3 Å². The molecule has 0 fully saturated rings. The van der Waals surface area contributed by atoms with Gasteiger partial charge in [-0.25, -0.2) is 0 Å². The van der Waals surface area contributed by atoms with Crippen molar-refractivity contribution in [3.05, 3.63) is 59.7 Å². The number of anilines is 1. The standard InChI is InChI=1S/C19H17N5O2/c1-14-6-8-16(9-7-14)26-11-10-22-19(25)17-4-2-3-5-18(17)24-23-15(12-20)13-21/h2-9,24H,10-11H2,1H3,(H,22,25). The van der Waals surface area contributed by atoms with Gasteiger partial charge in [-0.1, -0.05) is 29.8 Å². The molecule has 0 aliphatic heterocycles. The summed E-state index contributed by atoms with van der Waals surface area (Å²) in [4.78, 5) is 12.3. The van der Waals surface area contributed by atoms with E-state index in [9.17, 15) is 4.79 Å². The molecule has 2 aromatic carbocycles. The Morgan fingerprint density at radius 1 is 1.12 bits per heavy atom. The van der Waals surface area contributed by atoms with Gasteiger partial charge in [-0.3, -0.25) is 10.2 Å². The predicted molar refractivity (Wildman–Crippen MR) is 97.7 cm³/mol. The molecule has 1 amide bonds. The van der Waals surface area contributed by atoms with Crippen LogP contribution in [0.1, 0.15) is 15.9 Å². The zero-order chi connectivity index (χ0) is 18.8. The van der Waals surface area contributed by atoms with E-state index < -0.39 is 0 Å². The minimum atomic E-state index is -0.327.